The second-order valence-electron chi connectivity index (χ2n) is 5.54. The first-order valence-electron chi connectivity index (χ1n) is 7.87. The number of hydrogen-bond acceptors (Lipinski definition) is 3. The largest absolute Gasteiger partial charge is 0.495 e. The minimum absolute atomic E-state index is 0.223. The van der Waals surface area contributed by atoms with Gasteiger partial charge in [-0.05, 0) is 48.5 Å². The molecule has 3 aromatic carbocycles. The highest BCUT2D eigenvalue weighted by atomic mass is 79.9. The maximum Gasteiger partial charge on any atom is 0.150 e. The van der Waals surface area contributed by atoms with Crippen LogP contribution in [-0.4, -0.2) is 14.2 Å². The maximum absolute atomic E-state index is 14.7. The van der Waals surface area contributed by atoms with Crippen molar-refractivity contribution in [2.24, 2.45) is 0 Å². The first kappa shape index (κ1) is 19.6. The van der Waals surface area contributed by atoms with Crippen LogP contribution in [-0.2, 0) is 0 Å². The zero-order valence-electron chi connectivity index (χ0n) is 14.5. The van der Waals surface area contributed by atoms with Crippen LogP contribution in [0.5, 0.6) is 11.5 Å². The summed E-state index contributed by atoms with van der Waals surface area (Å²) in [5.74, 6) is -0.524. The molecule has 0 aliphatic heterocycles. The Morgan fingerprint density at radius 2 is 1.19 bits per heavy atom. The van der Waals surface area contributed by atoms with Crippen molar-refractivity contribution in [3.05, 3.63) is 75.2 Å². The van der Waals surface area contributed by atoms with Gasteiger partial charge in [-0.15, -0.1) is 0 Å². The predicted octanol–water partition coefficient (Wildman–Crippen LogP) is 6.98. The van der Waals surface area contributed by atoms with E-state index in [1.165, 1.54) is 37.3 Å². The van der Waals surface area contributed by atoms with Crippen molar-refractivity contribution in [1.29, 1.82) is 0 Å². The van der Waals surface area contributed by atoms with Crippen LogP contribution in [0, 0.1) is 11.6 Å². The zero-order chi connectivity index (χ0) is 19.6. The molecule has 0 amide bonds. The minimum Gasteiger partial charge on any atom is -0.495 e. The van der Waals surface area contributed by atoms with Crippen molar-refractivity contribution >= 4 is 48.9 Å². The molecule has 7 heteroatoms. The van der Waals surface area contributed by atoms with E-state index < -0.39 is 11.6 Å². The number of benzene rings is 3. The quantitative estimate of drug-likeness (QED) is 0.379. The molecule has 0 radical (unpaired) electrons. The van der Waals surface area contributed by atoms with Crippen LogP contribution in [0.3, 0.4) is 0 Å². The van der Waals surface area contributed by atoms with Gasteiger partial charge < -0.3 is 9.47 Å². The van der Waals surface area contributed by atoms with Gasteiger partial charge in [-0.25, -0.2) is 8.78 Å². The van der Waals surface area contributed by atoms with Gasteiger partial charge in [-0.3, -0.25) is 4.90 Å². The molecular weight excluding hydrogens is 484 g/mol. The van der Waals surface area contributed by atoms with Crippen molar-refractivity contribution in [1.82, 2.24) is 0 Å². The summed E-state index contributed by atoms with van der Waals surface area (Å²) in [5.41, 5.74) is 0.703. The maximum atomic E-state index is 14.7. The summed E-state index contributed by atoms with van der Waals surface area (Å²) >= 11 is 6.78. The highest BCUT2D eigenvalue weighted by molar-refractivity contribution is 9.10. The van der Waals surface area contributed by atoms with Crippen molar-refractivity contribution in [2.75, 3.05) is 19.1 Å². The van der Waals surface area contributed by atoms with Gasteiger partial charge in [-0.1, -0.05) is 37.9 Å². The summed E-state index contributed by atoms with van der Waals surface area (Å²) in [6.45, 7) is 0. The lowest BCUT2D eigenvalue weighted by molar-refractivity contribution is 0.412. The molecule has 0 spiro atoms. The van der Waals surface area contributed by atoms with E-state index in [2.05, 4.69) is 31.9 Å². The van der Waals surface area contributed by atoms with E-state index in [1.54, 1.807) is 36.4 Å². The van der Waals surface area contributed by atoms with E-state index in [1.807, 2.05) is 0 Å². The summed E-state index contributed by atoms with van der Waals surface area (Å²) in [5, 5.41) is 0. The zero-order valence-corrected chi connectivity index (χ0v) is 17.6. The Hall–Kier alpha value is -2.12. The van der Waals surface area contributed by atoms with E-state index in [-0.39, 0.29) is 5.69 Å². The van der Waals surface area contributed by atoms with E-state index in [4.69, 9.17) is 9.47 Å². The summed E-state index contributed by atoms with van der Waals surface area (Å²) in [6.07, 6.45) is 0. The van der Waals surface area contributed by atoms with Gasteiger partial charge in [0.25, 0.3) is 0 Å². The van der Waals surface area contributed by atoms with Crippen LogP contribution in [0.2, 0.25) is 0 Å². The van der Waals surface area contributed by atoms with Gasteiger partial charge >= 0.3 is 0 Å². The lowest BCUT2D eigenvalue weighted by Gasteiger charge is -2.29. The molecule has 0 aliphatic rings. The lowest BCUT2D eigenvalue weighted by Crippen LogP contribution is -2.15. The third-order valence-corrected chi connectivity index (χ3v) is 4.91. The molecule has 3 nitrogen and oxygen atoms in total. The number of methoxy groups -OCH3 is 2. The molecule has 0 saturated carbocycles. The Kier molecular flexibility index (Phi) is 6.01. The summed E-state index contributed by atoms with van der Waals surface area (Å²) in [6, 6.07) is 14.2. The molecule has 0 fully saturated rings. The monoisotopic (exact) mass is 497 g/mol. The Morgan fingerprint density at radius 3 is 1.59 bits per heavy atom. The molecule has 3 rings (SSSR count). The fraction of sp³-hybridized carbons (Fsp3) is 0.100. The second kappa shape index (κ2) is 8.27. The van der Waals surface area contributed by atoms with Crippen molar-refractivity contribution in [2.45, 2.75) is 0 Å². The number of anilines is 3. The lowest BCUT2D eigenvalue weighted by atomic mass is 10.1. The Bertz CT molecular complexity index is 908. The normalized spacial score (nSPS) is 10.6. The molecule has 0 unspecified atom stereocenters. The van der Waals surface area contributed by atoms with E-state index >= 15 is 0 Å². The highest BCUT2D eigenvalue weighted by Crippen LogP contribution is 2.46. The number of nitrogens with zero attached hydrogens (tertiary/aromatic N) is 1. The molecule has 0 N–H and O–H groups in total. The first-order chi connectivity index (χ1) is 13.0. The summed E-state index contributed by atoms with van der Waals surface area (Å²) < 4.78 is 41.9. The van der Waals surface area contributed by atoms with Crippen molar-refractivity contribution in [3.63, 3.8) is 0 Å². The predicted molar refractivity (Wildman–Crippen MR) is 110 cm³/mol. The van der Waals surface area contributed by atoms with Crippen LogP contribution in [0.4, 0.5) is 25.8 Å². The molecular formula is C20H15Br2F2NO2. The minimum atomic E-state index is -0.704. The van der Waals surface area contributed by atoms with E-state index in [0.717, 1.165) is 8.95 Å². The van der Waals surface area contributed by atoms with E-state index in [0.29, 0.717) is 22.9 Å². The average Bonchev–Trinajstić information content (AvgIpc) is 2.65. The third-order valence-electron chi connectivity index (χ3n) is 3.93. The Balaban J connectivity index is 2.35. The van der Waals surface area contributed by atoms with Crippen LogP contribution in [0.15, 0.2) is 63.5 Å². The fourth-order valence-electron chi connectivity index (χ4n) is 2.75. The molecule has 0 bridgehead atoms. The Morgan fingerprint density at radius 1 is 0.741 bits per heavy atom. The number of hydrogen-bond donors (Lipinski definition) is 0. The second-order valence-corrected chi connectivity index (χ2v) is 7.37. The summed E-state index contributed by atoms with van der Waals surface area (Å²) in [4.78, 5) is 1.45. The van der Waals surface area contributed by atoms with Crippen LogP contribution >= 0.6 is 31.9 Å². The smallest absolute Gasteiger partial charge is 0.150 e. The van der Waals surface area contributed by atoms with Gasteiger partial charge in [0.15, 0.2) is 0 Å². The number of ether oxygens (including phenoxy) is 2. The molecule has 0 aliphatic carbocycles. The van der Waals surface area contributed by atoms with Crippen LogP contribution in [0.25, 0.3) is 0 Å². The standard InChI is InChI=1S/C20H15Br2F2NO2/c1-26-18-10-12(21)6-8-16(18)25(20-14(23)4-3-5-15(20)24)17-9-7-13(22)11-19(17)27-2/h3-11H,1-2H3. The molecule has 3 aromatic rings. The van der Waals surface area contributed by atoms with Gasteiger partial charge in [0.1, 0.15) is 28.8 Å². The van der Waals surface area contributed by atoms with Gasteiger partial charge in [0, 0.05) is 8.95 Å². The topological polar surface area (TPSA) is 21.7 Å². The van der Waals surface area contributed by atoms with Gasteiger partial charge in [0.05, 0.1) is 25.6 Å². The Labute approximate surface area is 172 Å². The SMILES string of the molecule is COc1cc(Br)ccc1N(c1ccc(Br)cc1OC)c1c(F)cccc1F. The molecule has 0 saturated heterocycles. The fourth-order valence-corrected chi connectivity index (χ4v) is 3.43. The van der Waals surface area contributed by atoms with Gasteiger partial charge in [-0.2, -0.15) is 0 Å². The summed E-state index contributed by atoms with van der Waals surface area (Å²) in [7, 11) is 3.00. The molecule has 0 heterocycles. The van der Waals surface area contributed by atoms with Crippen LogP contribution in [0.1, 0.15) is 0 Å². The molecule has 0 aromatic heterocycles. The van der Waals surface area contributed by atoms with Crippen molar-refractivity contribution in [3.8, 4) is 11.5 Å². The molecule has 140 valence electrons. The number of halogens is 4. The third kappa shape index (κ3) is 3.94. The van der Waals surface area contributed by atoms with E-state index in [9.17, 15) is 8.78 Å². The van der Waals surface area contributed by atoms with Crippen molar-refractivity contribution < 1.29 is 18.3 Å². The first-order valence-corrected chi connectivity index (χ1v) is 9.46. The molecule has 0 atom stereocenters. The number of rotatable bonds is 5. The van der Waals surface area contributed by atoms with Gasteiger partial charge in [0.2, 0.25) is 0 Å². The number of para-hydroxylation sites is 1. The highest BCUT2D eigenvalue weighted by Gasteiger charge is 2.25. The van der Waals surface area contributed by atoms with Crippen LogP contribution < -0.4 is 14.4 Å². The molecule has 27 heavy (non-hydrogen) atoms. The average molecular weight is 499 g/mol.